The van der Waals surface area contributed by atoms with Crippen molar-refractivity contribution in [1.29, 1.82) is 0 Å². The number of hydrogen-bond acceptors (Lipinski definition) is 5. The monoisotopic (exact) mass is 299 g/mol. The van der Waals surface area contributed by atoms with Crippen LogP contribution in [0.5, 0.6) is 0 Å². The zero-order valence-corrected chi connectivity index (χ0v) is 12.6. The van der Waals surface area contributed by atoms with Crippen LogP contribution in [-0.2, 0) is 0 Å². The summed E-state index contributed by atoms with van der Waals surface area (Å²) < 4.78 is 0. The van der Waals surface area contributed by atoms with Crippen LogP contribution in [0, 0.1) is 17.8 Å². The van der Waals surface area contributed by atoms with E-state index in [2.05, 4.69) is 5.32 Å². The standard InChI is InChI=1S/C16H29NO4/c18-13-2-1-9(6-14(13)19)5-12-11-8-16(21)15(20)7-10(11)3-4-17-12/h9-21H,1-8H2. The number of piperidine rings is 1. The van der Waals surface area contributed by atoms with E-state index in [0.29, 0.717) is 43.1 Å². The first kappa shape index (κ1) is 15.7. The second kappa shape index (κ2) is 6.50. The van der Waals surface area contributed by atoms with Crippen molar-refractivity contribution in [1.82, 2.24) is 5.32 Å². The Morgan fingerprint density at radius 1 is 0.762 bits per heavy atom. The molecular weight excluding hydrogens is 270 g/mol. The summed E-state index contributed by atoms with van der Waals surface area (Å²) in [6.45, 7) is 0.979. The van der Waals surface area contributed by atoms with Crippen molar-refractivity contribution >= 4 is 0 Å². The molecule has 2 saturated carbocycles. The van der Waals surface area contributed by atoms with E-state index in [1.165, 1.54) is 0 Å². The molecule has 3 fully saturated rings. The molecule has 8 unspecified atom stereocenters. The van der Waals surface area contributed by atoms with E-state index < -0.39 is 24.4 Å². The molecule has 3 aliphatic rings. The Morgan fingerprint density at radius 3 is 2.24 bits per heavy atom. The van der Waals surface area contributed by atoms with E-state index >= 15 is 0 Å². The Labute approximate surface area is 126 Å². The zero-order valence-electron chi connectivity index (χ0n) is 12.6. The number of aliphatic hydroxyl groups is 4. The van der Waals surface area contributed by atoms with Crippen LogP contribution in [0.1, 0.15) is 44.9 Å². The van der Waals surface area contributed by atoms with Gasteiger partial charge in [-0.3, -0.25) is 0 Å². The number of hydrogen-bond donors (Lipinski definition) is 5. The minimum Gasteiger partial charge on any atom is -0.390 e. The van der Waals surface area contributed by atoms with Crippen molar-refractivity contribution < 1.29 is 20.4 Å². The third-order valence-electron chi connectivity index (χ3n) is 6.02. The van der Waals surface area contributed by atoms with Crippen molar-refractivity contribution in [2.45, 2.75) is 75.4 Å². The molecule has 1 saturated heterocycles. The van der Waals surface area contributed by atoms with Crippen LogP contribution in [0.4, 0.5) is 0 Å². The maximum absolute atomic E-state index is 9.97. The van der Waals surface area contributed by atoms with Crippen LogP contribution >= 0.6 is 0 Å². The third kappa shape index (κ3) is 3.42. The van der Waals surface area contributed by atoms with Gasteiger partial charge in [-0.2, -0.15) is 0 Å². The molecule has 0 spiro atoms. The Bertz CT molecular complexity index is 353. The van der Waals surface area contributed by atoms with Gasteiger partial charge in [-0.05, 0) is 69.2 Å². The van der Waals surface area contributed by atoms with Crippen LogP contribution in [-0.4, -0.2) is 57.4 Å². The molecule has 1 heterocycles. The Morgan fingerprint density at radius 2 is 1.48 bits per heavy atom. The van der Waals surface area contributed by atoms with E-state index in [1.54, 1.807) is 0 Å². The van der Waals surface area contributed by atoms with Gasteiger partial charge in [0.15, 0.2) is 0 Å². The molecule has 122 valence electrons. The largest absolute Gasteiger partial charge is 0.390 e. The van der Waals surface area contributed by atoms with Crippen LogP contribution in [0.25, 0.3) is 0 Å². The highest BCUT2D eigenvalue weighted by Crippen LogP contribution is 2.40. The summed E-state index contributed by atoms with van der Waals surface area (Å²) in [4.78, 5) is 0. The molecule has 2 aliphatic carbocycles. The number of aliphatic hydroxyl groups excluding tert-OH is 4. The fourth-order valence-corrected chi connectivity index (χ4v) is 4.75. The molecule has 5 N–H and O–H groups in total. The molecule has 5 nitrogen and oxygen atoms in total. The first-order chi connectivity index (χ1) is 10.0. The van der Waals surface area contributed by atoms with Gasteiger partial charge in [-0.15, -0.1) is 0 Å². The van der Waals surface area contributed by atoms with Crippen molar-refractivity contribution in [3.63, 3.8) is 0 Å². The normalized spacial score (nSPS) is 51.4. The quantitative estimate of drug-likeness (QED) is 0.495. The van der Waals surface area contributed by atoms with E-state index in [4.69, 9.17) is 0 Å². The zero-order chi connectivity index (χ0) is 15.0. The van der Waals surface area contributed by atoms with Gasteiger partial charge < -0.3 is 25.7 Å². The number of nitrogens with one attached hydrogen (secondary N) is 1. The lowest BCUT2D eigenvalue weighted by molar-refractivity contribution is -0.0685. The molecule has 0 bridgehead atoms. The lowest BCUT2D eigenvalue weighted by Crippen LogP contribution is -2.53. The van der Waals surface area contributed by atoms with Gasteiger partial charge in [0.2, 0.25) is 0 Å². The van der Waals surface area contributed by atoms with E-state index in [0.717, 1.165) is 32.2 Å². The maximum atomic E-state index is 9.97. The molecular formula is C16H29NO4. The third-order valence-corrected chi connectivity index (χ3v) is 6.02. The van der Waals surface area contributed by atoms with Crippen LogP contribution in [0.15, 0.2) is 0 Å². The summed E-state index contributed by atoms with van der Waals surface area (Å²) in [6.07, 6.45) is 3.54. The molecule has 8 atom stereocenters. The summed E-state index contributed by atoms with van der Waals surface area (Å²) >= 11 is 0. The molecule has 0 radical (unpaired) electrons. The van der Waals surface area contributed by atoms with E-state index in [1.807, 2.05) is 0 Å². The van der Waals surface area contributed by atoms with Crippen molar-refractivity contribution in [3.05, 3.63) is 0 Å². The number of rotatable bonds is 2. The van der Waals surface area contributed by atoms with Gasteiger partial charge in [-0.25, -0.2) is 0 Å². The van der Waals surface area contributed by atoms with Crippen LogP contribution in [0.2, 0.25) is 0 Å². The van der Waals surface area contributed by atoms with Gasteiger partial charge in [0.1, 0.15) is 0 Å². The molecule has 1 aliphatic heterocycles. The second-order valence-electron chi connectivity index (χ2n) is 7.43. The molecule has 0 aromatic heterocycles. The summed E-state index contributed by atoms with van der Waals surface area (Å²) in [6, 6.07) is 0.373. The van der Waals surface area contributed by atoms with Gasteiger partial charge in [0.05, 0.1) is 24.4 Å². The van der Waals surface area contributed by atoms with Gasteiger partial charge in [0, 0.05) is 6.04 Å². The second-order valence-corrected chi connectivity index (χ2v) is 7.43. The Balaban J connectivity index is 1.59. The summed E-state index contributed by atoms with van der Waals surface area (Å²) in [5, 5.41) is 42.9. The molecule has 3 rings (SSSR count). The number of fused-ring (bicyclic) bond motifs is 1. The lowest BCUT2D eigenvalue weighted by Gasteiger charge is -2.46. The predicted molar refractivity (Wildman–Crippen MR) is 78.6 cm³/mol. The predicted octanol–water partition coefficient (Wildman–Crippen LogP) is 0.00830. The summed E-state index contributed by atoms with van der Waals surface area (Å²) in [7, 11) is 0. The maximum Gasteiger partial charge on any atom is 0.0802 e. The SMILES string of the molecule is OC1CCC(CC2NCCC3CC(O)C(O)CC32)CC1O. The van der Waals surface area contributed by atoms with Crippen LogP contribution < -0.4 is 5.32 Å². The smallest absolute Gasteiger partial charge is 0.0802 e. The highest BCUT2D eigenvalue weighted by Gasteiger charge is 2.42. The topological polar surface area (TPSA) is 93.0 Å². The first-order valence-corrected chi connectivity index (χ1v) is 8.50. The van der Waals surface area contributed by atoms with Crippen molar-refractivity contribution in [2.24, 2.45) is 17.8 Å². The van der Waals surface area contributed by atoms with E-state index in [9.17, 15) is 20.4 Å². The van der Waals surface area contributed by atoms with Gasteiger partial charge >= 0.3 is 0 Å². The van der Waals surface area contributed by atoms with Crippen molar-refractivity contribution in [2.75, 3.05) is 6.54 Å². The minimum atomic E-state index is -0.590. The highest BCUT2D eigenvalue weighted by atomic mass is 16.3. The fourth-order valence-electron chi connectivity index (χ4n) is 4.75. The average Bonchev–Trinajstić information content (AvgIpc) is 2.45. The molecule has 0 aromatic carbocycles. The molecule has 0 aromatic rings. The Kier molecular flexibility index (Phi) is 4.86. The fraction of sp³-hybridized carbons (Fsp3) is 1.00. The van der Waals surface area contributed by atoms with E-state index in [-0.39, 0.29) is 0 Å². The first-order valence-electron chi connectivity index (χ1n) is 8.50. The van der Waals surface area contributed by atoms with Gasteiger partial charge in [0.25, 0.3) is 0 Å². The van der Waals surface area contributed by atoms with Crippen LogP contribution in [0.3, 0.4) is 0 Å². The summed E-state index contributed by atoms with van der Waals surface area (Å²) in [5.74, 6) is 1.39. The lowest BCUT2D eigenvalue weighted by atomic mass is 9.67. The Hall–Kier alpha value is -0.200. The average molecular weight is 299 g/mol. The van der Waals surface area contributed by atoms with Gasteiger partial charge in [-0.1, -0.05) is 0 Å². The molecule has 21 heavy (non-hydrogen) atoms. The summed E-state index contributed by atoms with van der Waals surface area (Å²) in [5.41, 5.74) is 0. The minimum absolute atomic E-state index is 0.373. The molecule has 0 amide bonds. The molecule has 5 heteroatoms. The van der Waals surface area contributed by atoms with Crippen molar-refractivity contribution in [3.8, 4) is 0 Å². The highest BCUT2D eigenvalue weighted by molar-refractivity contribution is 4.96.